The van der Waals surface area contributed by atoms with Gasteiger partial charge in [-0.1, -0.05) is 30.3 Å². The summed E-state index contributed by atoms with van der Waals surface area (Å²) in [5.74, 6) is 0.292. The number of nitrogens with one attached hydrogen (secondary N) is 2. The maximum atomic E-state index is 12.9. The number of benzene rings is 1. The minimum absolute atomic E-state index is 0.0306. The van der Waals surface area contributed by atoms with Crippen molar-refractivity contribution >= 4 is 23.4 Å². The third kappa shape index (κ3) is 5.60. The van der Waals surface area contributed by atoms with Crippen LogP contribution in [-0.4, -0.2) is 44.8 Å². The van der Waals surface area contributed by atoms with Gasteiger partial charge in [0.1, 0.15) is 0 Å². The van der Waals surface area contributed by atoms with Crippen molar-refractivity contribution in [1.82, 2.24) is 25.6 Å². The highest BCUT2D eigenvalue weighted by molar-refractivity contribution is 5.95. The number of nitrogens with zero attached hydrogens (tertiary/aromatic N) is 4. The van der Waals surface area contributed by atoms with Crippen LogP contribution in [0.15, 0.2) is 41.6 Å². The summed E-state index contributed by atoms with van der Waals surface area (Å²) in [5, 5.41) is 6.94. The number of likely N-dealkylation sites (tertiary alicyclic amines) is 1. The normalized spacial score (nSPS) is 18.0. The fraction of sp³-hybridized carbons (Fsp3) is 0.417. The predicted octanol–water partition coefficient (Wildman–Crippen LogP) is 2.42. The first-order chi connectivity index (χ1) is 16.0. The topological polar surface area (TPSA) is 117 Å². The van der Waals surface area contributed by atoms with Gasteiger partial charge in [0.25, 0.3) is 5.91 Å². The van der Waals surface area contributed by atoms with Gasteiger partial charge in [-0.05, 0) is 38.2 Å². The molecule has 0 bridgehead atoms. The van der Waals surface area contributed by atoms with Crippen LogP contribution >= 0.6 is 0 Å². The molecule has 2 aliphatic rings. The average Bonchev–Trinajstić information content (AvgIpc) is 3.33. The largest absolute Gasteiger partial charge is 0.348 e. The van der Waals surface area contributed by atoms with Gasteiger partial charge in [-0.15, -0.1) is 0 Å². The SMILES string of the molecule is Cc1nc(C2CCCN2C(=O)CCC2=NNC(=O)CC2)ncc1C(=O)NCc1ccccc1. The Kier molecular flexibility index (Phi) is 7.07. The van der Waals surface area contributed by atoms with E-state index in [0.29, 0.717) is 55.9 Å². The molecule has 9 nitrogen and oxygen atoms in total. The van der Waals surface area contributed by atoms with E-state index in [1.165, 1.54) is 0 Å². The van der Waals surface area contributed by atoms with Crippen molar-refractivity contribution in [1.29, 1.82) is 0 Å². The first-order valence-electron chi connectivity index (χ1n) is 11.3. The maximum Gasteiger partial charge on any atom is 0.254 e. The lowest BCUT2D eigenvalue weighted by Crippen LogP contribution is -2.33. The lowest BCUT2D eigenvalue weighted by Gasteiger charge is -2.24. The molecule has 9 heteroatoms. The number of rotatable bonds is 7. The summed E-state index contributed by atoms with van der Waals surface area (Å²) < 4.78 is 0. The third-order valence-corrected chi connectivity index (χ3v) is 6.02. The van der Waals surface area contributed by atoms with Gasteiger partial charge in [0.05, 0.1) is 17.3 Å². The number of hydrazone groups is 1. The van der Waals surface area contributed by atoms with E-state index in [1.807, 2.05) is 35.2 Å². The Labute approximate surface area is 192 Å². The van der Waals surface area contributed by atoms with Crippen LogP contribution in [0.2, 0.25) is 0 Å². The summed E-state index contributed by atoms with van der Waals surface area (Å²) in [4.78, 5) is 47.6. The Balaban J connectivity index is 1.37. The summed E-state index contributed by atoms with van der Waals surface area (Å²) in [6, 6.07) is 9.51. The zero-order chi connectivity index (χ0) is 23.2. The summed E-state index contributed by atoms with van der Waals surface area (Å²) in [6.07, 6.45) is 5.11. The van der Waals surface area contributed by atoms with Crippen LogP contribution in [0.3, 0.4) is 0 Å². The molecule has 1 aromatic carbocycles. The lowest BCUT2D eigenvalue weighted by atomic mass is 10.1. The van der Waals surface area contributed by atoms with Crippen molar-refractivity contribution in [3.05, 3.63) is 59.2 Å². The lowest BCUT2D eigenvalue weighted by molar-refractivity contribution is -0.132. The third-order valence-electron chi connectivity index (χ3n) is 6.02. The molecule has 1 fully saturated rings. The Morgan fingerprint density at radius 2 is 2.03 bits per heavy atom. The number of aryl methyl sites for hydroxylation is 1. The van der Waals surface area contributed by atoms with Gasteiger partial charge < -0.3 is 10.2 Å². The van der Waals surface area contributed by atoms with E-state index < -0.39 is 0 Å². The molecular formula is C24H28N6O3. The number of hydrogen-bond acceptors (Lipinski definition) is 6. The van der Waals surface area contributed by atoms with Crippen LogP contribution in [0, 0.1) is 6.92 Å². The van der Waals surface area contributed by atoms with E-state index >= 15 is 0 Å². The number of carbonyl (C=O) groups is 3. The van der Waals surface area contributed by atoms with Gasteiger partial charge in [-0.2, -0.15) is 5.10 Å². The summed E-state index contributed by atoms with van der Waals surface area (Å²) in [7, 11) is 0. The van der Waals surface area contributed by atoms with E-state index in [9.17, 15) is 14.4 Å². The highest BCUT2D eigenvalue weighted by Crippen LogP contribution is 2.31. The minimum Gasteiger partial charge on any atom is -0.348 e. The van der Waals surface area contributed by atoms with Crippen molar-refractivity contribution in [2.45, 2.75) is 58.0 Å². The number of hydrogen-bond donors (Lipinski definition) is 2. The van der Waals surface area contributed by atoms with Crippen LogP contribution in [0.1, 0.15) is 72.0 Å². The van der Waals surface area contributed by atoms with Crippen molar-refractivity contribution in [2.75, 3.05) is 6.54 Å². The molecule has 0 spiro atoms. The van der Waals surface area contributed by atoms with E-state index in [2.05, 4.69) is 25.8 Å². The molecule has 1 unspecified atom stereocenters. The highest BCUT2D eigenvalue weighted by Gasteiger charge is 2.32. The van der Waals surface area contributed by atoms with Gasteiger partial charge in [0.2, 0.25) is 11.8 Å². The van der Waals surface area contributed by atoms with E-state index in [4.69, 9.17) is 0 Å². The smallest absolute Gasteiger partial charge is 0.254 e. The Bertz CT molecular complexity index is 1070. The van der Waals surface area contributed by atoms with Crippen LogP contribution in [0.4, 0.5) is 0 Å². The Morgan fingerprint density at radius 1 is 1.21 bits per heavy atom. The Hall–Kier alpha value is -3.62. The molecular weight excluding hydrogens is 420 g/mol. The summed E-state index contributed by atoms with van der Waals surface area (Å²) >= 11 is 0. The molecule has 2 aliphatic heterocycles. The standard InChI is InChI=1S/C24H28N6O3/c1-16-19(24(33)26-14-17-6-3-2-4-7-17)15-25-23(27-16)20-8-5-13-30(20)22(32)12-10-18-9-11-21(31)29-28-18/h2-4,6-7,15,20H,5,8-14H2,1H3,(H,26,33)(H,29,31). The molecule has 2 N–H and O–H groups in total. The summed E-state index contributed by atoms with van der Waals surface area (Å²) in [6.45, 7) is 2.88. The molecule has 0 saturated carbocycles. The molecule has 1 saturated heterocycles. The first-order valence-corrected chi connectivity index (χ1v) is 11.3. The molecule has 2 aromatic rings. The van der Waals surface area contributed by atoms with Crippen LogP contribution in [0.25, 0.3) is 0 Å². The van der Waals surface area contributed by atoms with Crippen molar-refractivity contribution in [3.63, 3.8) is 0 Å². The zero-order valence-corrected chi connectivity index (χ0v) is 18.7. The molecule has 0 aliphatic carbocycles. The minimum atomic E-state index is -0.220. The Morgan fingerprint density at radius 3 is 2.76 bits per heavy atom. The van der Waals surface area contributed by atoms with Crippen molar-refractivity contribution in [3.8, 4) is 0 Å². The van der Waals surface area contributed by atoms with Gasteiger partial charge in [0, 0.05) is 37.8 Å². The van der Waals surface area contributed by atoms with E-state index in [1.54, 1.807) is 13.1 Å². The maximum absolute atomic E-state index is 12.9. The van der Waals surface area contributed by atoms with Gasteiger partial charge in [-0.25, -0.2) is 15.4 Å². The monoisotopic (exact) mass is 448 g/mol. The second-order valence-corrected chi connectivity index (χ2v) is 8.35. The fourth-order valence-corrected chi connectivity index (χ4v) is 4.16. The highest BCUT2D eigenvalue weighted by atomic mass is 16.2. The average molecular weight is 449 g/mol. The number of aromatic nitrogens is 2. The van der Waals surface area contributed by atoms with Gasteiger partial charge >= 0.3 is 0 Å². The second-order valence-electron chi connectivity index (χ2n) is 8.35. The molecule has 3 heterocycles. The molecule has 1 atom stereocenters. The molecule has 1 aromatic heterocycles. The van der Waals surface area contributed by atoms with E-state index in [-0.39, 0.29) is 23.8 Å². The molecule has 4 rings (SSSR count). The quantitative estimate of drug-likeness (QED) is 0.675. The fourth-order valence-electron chi connectivity index (χ4n) is 4.16. The van der Waals surface area contributed by atoms with Gasteiger partial charge in [-0.3, -0.25) is 14.4 Å². The number of amides is 3. The molecule has 3 amide bonds. The number of carbonyl (C=O) groups excluding carboxylic acids is 3. The summed E-state index contributed by atoms with van der Waals surface area (Å²) in [5.41, 5.74) is 5.36. The molecule has 33 heavy (non-hydrogen) atoms. The van der Waals surface area contributed by atoms with Crippen LogP contribution < -0.4 is 10.7 Å². The van der Waals surface area contributed by atoms with Crippen LogP contribution in [0.5, 0.6) is 0 Å². The van der Waals surface area contributed by atoms with E-state index in [0.717, 1.165) is 24.1 Å². The van der Waals surface area contributed by atoms with Crippen LogP contribution in [-0.2, 0) is 16.1 Å². The molecule has 172 valence electrons. The zero-order valence-electron chi connectivity index (χ0n) is 18.7. The molecule has 0 radical (unpaired) electrons. The van der Waals surface area contributed by atoms with Crippen molar-refractivity contribution in [2.24, 2.45) is 5.10 Å². The van der Waals surface area contributed by atoms with Crippen molar-refractivity contribution < 1.29 is 14.4 Å². The first kappa shape index (κ1) is 22.6. The second kappa shape index (κ2) is 10.3. The van der Waals surface area contributed by atoms with Gasteiger partial charge in [0.15, 0.2) is 5.82 Å². The predicted molar refractivity (Wildman–Crippen MR) is 122 cm³/mol.